The van der Waals surface area contributed by atoms with Crippen molar-refractivity contribution in [3.05, 3.63) is 52.0 Å². The summed E-state index contributed by atoms with van der Waals surface area (Å²) in [5, 5.41) is 0. The molecule has 0 atom stereocenters. The summed E-state index contributed by atoms with van der Waals surface area (Å²) in [4.78, 5) is 3.84. The maximum atomic E-state index is 13.3. The van der Waals surface area contributed by atoms with Crippen LogP contribution in [0.25, 0.3) is 0 Å². The van der Waals surface area contributed by atoms with Crippen molar-refractivity contribution in [1.29, 1.82) is 0 Å². The Morgan fingerprint density at radius 1 is 1.43 bits per heavy atom. The monoisotopic (exact) mass is 373 g/mol. The molecule has 3 N–H and O–H groups in total. The van der Waals surface area contributed by atoms with E-state index in [0.717, 1.165) is 23.3 Å². The Kier molecular flexibility index (Phi) is 4.60. The van der Waals surface area contributed by atoms with E-state index < -0.39 is 15.8 Å². The fourth-order valence-electron chi connectivity index (χ4n) is 1.70. The van der Waals surface area contributed by atoms with Crippen LogP contribution in [0.3, 0.4) is 0 Å². The minimum atomic E-state index is -3.81. The minimum Gasteiger partial charge on any atom is -0.396 e. The number of nitrogens with one attached hydrogen (secondary N) is 1. The van der Waals surface area contributed by atoms with Crippen LogP contribution in [-0.2, 0) is 16.6 Å². The van der Waals surface area contributed by atoms with Gasteiger partial charge in [0.15, 0.2) is 0 Å². The molecule has 0 spiro atoms. The SMILES string of the molecule is Cc1cnccc1CNS(=O)(=O)c1cc(N)c(F)cc1Br. The lowest BCUT2D eigenvalue weighted by molar-refractivity contribution is 0.579. The van der Waals surface area contributed by atoms with Crippen LogP contribution in [0.4, 0.5) is 10.1 Å². The molecule has 0 aliphatic carbocycles. The van der Waals surface area contributed by atoms with Gasteiger partial charge >= 0.3 is 0 Å². The van der Waals surface area contributed by atoms with Crippen molar-refractivity contribution in [2.24, 2.45) is 0 Å². The summed E-state index contributed by atoms with van der Waals surface area (Å²) in [5.41, 5.74) is 6.88. The molecule has 1 aromatic heterocycles. The summed E-state index contributed by atoms with van der Waals surface area (Å²) in [6, 6.07) is 3.84. The number of hydrogen-bond donors (Lipinski definition) is 2. The average molecular weight is 374 g/mol. The van der Waals surface area contributed by atoms with Crippen LogP contribution in [0.15, 0.2) is 40.0 Å². The quantitative estimate of drug-likeness (QED) is 0.805. The number of aryl methyl sites for hydroxylation is 1. The van der Waals surface area contributed by atoms with Crippen LogP contribution in [0.5, 0.6) is 0 Å². The van der Waals surface area contributed by atoms with E-state index in [9.17, 15) is 12.8 Å². The molecule has 0 aliphatic heterocycles. The van der Waals surface area contributed by atoms with Crippen molar-refractivity contribution in [3.8, 4) is 0 Å². The number of halogens is 2. The molecule has 21 heavy (non-hydrogen) atoms. The standard InChI is InChI=1S/C13H13BrFN3O2S/c1-8-6-17-3-2-9(8)7-18-21(19,20)13-5-12(16)11(15)4-10(13)14/h2-6,18H,7,16H2,1H3. The van der Waals surface area contributed by atoms with Gasteiger partial charge in [-0.15, -0.1) is 0 Å². The fraction of sp³-hybridized carbons (Fsp3) is 0.154. The summed E-state index contributed by atoms with van der Waals surface area (Å²) >= 11 is 3.03. The Morgan fingerprint density at radius 2 is 2.14 bits per heavy atom. The maximum Gasteiger partial charge on any atom is 0.242 e. The van der Waals surface area contributed by atoms with Gasteiger partial charge in [0.05, 0.1) is 10.6 Å². The summed E-state index contributed by atoms with van der Waals surface area (Å²) < 4.78 is 40.4. The molecule has 0 unspecified atom stereocenters. The van der Waals surface area contributed by atoms with Crippen molar-refractivity contribution in [3.63, 3.8) is 0 Å². The van der Waals surface area contributed by atoms with Crippen molar-refractivity contribution in [2.75, 3.05) is 5.73 Å². The number of hydrogen-bond acceptors (Lipinski definition) is 4. The van der Waals surface area contributed by atoms with Gasteiger partial charge in [0, 0.05) is 23.4 Å². The lowest BCUT2D eigenvalue weighted by Crippen LogP contribution is -2.24. The Morgan fingerprint density at radius 3 is 2.81 bits per heavy atom. The highest BCUT2D eigenvalue weighted by molar-refractivity contribution is 9.10. The zero-order valence-electron chi connectivity index (χ0n) is 11.1. The number of rotatable bonds is 4. The molecule has 0 amide bonds. The summed E-state index contributed by atoms with van der Waals surface area (Å²) in [5.74, 6) is -0.675. The topological polar surface area (TPSA) is 85.1 Å². The molecule has 5 nitrogen and oxygen atoms in total. The van der Waals surface area contributed by atoms with Gasteiger partial charge in [0.25, 0.3) is 0 Å². The van der Waals surface area contributed by atoms with Gasteiger partial charge < -0.3 is 5.73 Å². The van der Waals surface area contributed by atoms with Gasteiger partial charge in [-0.2, -0.15) is 0 Å². The number of nitrogens with two attached hydrogens (primary N) is 1. The highest BCUT2D eigenvalue weighted by atomic mass is 79.9. The van der Waals surface area contributed by atoms with Gasteiger partial charge in [-0.05, 0) is 52.2 Å². The predicted octanol–water partition coefficient (Wildman–Crippen LogP) is 2.35. The first kappa shape index (κ1) is 15.9. The zero-order chi connectivity index (χ0) is 15.6. The number of anilines is 1. The third kappa shape index (κ3) is 3.58. The fourth-order valence-corrected chi connectivity index (χ4v) is 3.76. The van der Waals surface area contributed by atoms with Gasteiger partial charge in [-0.1, -0.05) is 0 Å². The maximum absolute atomic E-state index is 13.3. The van der Waals surface area contributed by atoms with Gasteiger partial charge in [-0.3, -0.25) is 4.98 Å². The van der Waals surface area contributed by atoms with Gasteiger partial charge in [0.2, 0.25) is 10.0 Å². The summed E-state index contributed by atoms with van der Waals surface area (Å²) in [6.45, 7) is 1.95. The number of nitrogens with zero attached hydrogens (tertiary/aromatic N) is 1. The number of nitrogen functional groups attached to an aromatic ring is 1. The Balaban J connectivity index is 2.27. The number of benzene rings is 1. The molecule has 0 aliphatic rings. The minimum absolute atomic E-state index is 0.104. The van der Waals surface area contributed by atoms with Gasteiger partial charge in [0.1, 0.15) is 5.82 Å². The molecule has 1 aromatic carbocycles. The molecule has 0 bridgehead atoms. The molecular weight excluding hydrogens is 361 g/mol. The summed E-state index contributed by atoms with van der Waals surface area (Å²) in [6.07, 6.45) is 3.23. The van der Waals surface area contributed by atoms with E-state index in [4.69, 9.17) is 5.73 Å². The molecule has 2 rings (SSSR count). The number of pyridine rings is 1. The first-order valence-electron chi connectivity index (χ1n) is 5.95. The third-order valence-corrected chi connectivity index (χ3v) is 5.29. The van der Waals surface area contributed by atoms with E-state index in [0.29, 0.717) is 0 Å². The highest BCUT2D eigenvalue weighted by Crippen LogP contribution is 2.26. The molecule has 0 radical (unpaired) electrons. The van der Waals surface area contributed by atoms with E-state index in [1.807, 2.05) is 6.92 Å². The highest BCUT2D eigenvalue weighted by Gasteiger charge is 2.19. The molecule has 112 valence electrons. The molecule has 0 saturated heterocycles. The van der Waals surface area contributed by atoms with Crippen LogP contribution in [-0.4, -0.2) is 13.4 Å². The zero-order valence-corrected chi connectivity index (χ0v) is 13.5. The van der Waals surface area contributed by atoms with Crippen molar-refractivity contribution in [1.82, 2.24) is 9.71 Å². The van der Waals surface area contributed by atoms with Crippen LogP contribution < -0.4 is 10.5 Å². The Bertz CT molecular complexity index is 781. The van der Waals surface area contributed by atoms with Crippen molar-refractivity contribution < 1.29 is 12.8 Å². The van der Waals surface area contributed by atoms with E-state index >= 15 is 0 Å². The van der Waals surface area contributed by atoms with Crippen LogP contribution in [0.2, 0.25) is 0 Å². The number of aromatic nitrogens is 1. The second-order valence-corrected chi connectivity index (χ2v) is 7.02. The lowest BCUT2D eigenvalue weighted by Gasteiger charge is -2.11. The first-order valence-corrected chi connectivity index (χ1v) is 8.22. The van der Waals surface area contributed by atoms with Crippen molar-refractivity contribution in [2.45, 2.75) is 18.4 Å². The first-order chi connectivity index (χ1) is 9.81. The van der Waals surface area contributed by atoms with Gasteiger partial charge in [-0.25, -0.2) is 17.5 Å². The normalized spacial score (nSPS) is 11.6. The van der Waals surface area contributed by atoms with Crippen molar-refractivity contribution >= 4 is 31.6 Å². The van der Waals surface area contributed by atoms with E-state index in [1.165, 1.54) is 0 Å². The predicted molar refractivity (Wildman–Crippen MR) is 81.5 cm³/mol. The molecule has 0 fully saturated rings. The Hall–Kier alpha value is -1.51. The van der Waals surface area contributed by atoms with Crippen LogP contribution in [0.1, 0.15) is 11.1 Å². The molecule has 0 saturated carbocycles. The van der Waals surface area contributed by atoms with E-state index in [-0.39, 0.29) is 21.6 Å². The average Bonchev–Trinajstić information content (AvgIpc) is 2.42. The molecular formula is C13H13BrFN3O2S. The second kappa shape index (κ2) is 6.08. The van der Waals surface area contributed by atoms with Crippen LogP contribution in [0, 0.1) is 12.7 Å². The largest absolute Gasteiger partial charge is 0.396 e. The smallest absolute Gasteiger partial charge is 0.242 e. The van der Waals surface area contributed by atoms with Crippen LogP contribution >= 0.6 is 15.9 Å². The lowest BCUT2D eigenvalue weighted by atomic mass is 10.2. The molecule has 2 aromatic rings. The van der Waals surface area contributed by atoms with E-state index in [1.54, 1.807) is 18.5 Å². The molecule has 8 heteroatoms. The number of sulfonamides is 1. The molecule has 1 heterocycles. The second-order valence-electron chi connectivity index (χ2n) is 4.43. The van der Waals surface area contributed by atoms with E-state index in [2.05, 4.69) is 25.6 Å². The third-order valence-electron chi connectivity index (χ3n) is 2.93. The summed E-state index contributed by atoms with van der Waals surface area (Å²) in [7, 11) is -3.81. The Labute approximate surface area is 130 Å².